The van der Waals surface area contributed by atoms with E-state index in [0.29, 0.717) is 0 Å². The lowest BCUT2D eigenvalue weighted by Crippen LogP contribution is -1.76. The number of imidazole rings is 1. The average molecular weight is 362 g/mol. The lowest BCUT2D eigenvalue weighted by atomic mass is 10.4. The molecule has 0 amide bonds. The molecule has 136 valence electrons. The highest BCUT2D eigenvalue weighted by atomic mass is 31.2. The van der Waals surface area contributed by atoms with E-state index in [2.05, 4.69) is 19.9 Å². The van der Waals surface area contributed by atoms with E-state index >= 15 is 0 Å². The number of hydrogen-bond donors (Lipinski definition) is 4. The molecule has 0 aromatic carbocycles. The van der Waals surface area contributed by atoms with Gasteiger partial charge in [-0.3, -0.25) is 0 Å². The molecule has 2 saturated heterocycles. The molecule has 0 radical (unpaired) electrons. The van der Waals surface area contributed by atoms with Crippen LogP contribution in [0.2, 0.25) is 0 Å². The highest BCUT2D eigenvalue weighted by Gasteiger charge is 2.00. The molecule has 0 saturated carbocycles. The number of nitrogens with one attached hydrogen (secondary N) is 1. The largest absolute Gasteiger partial charge is 0.466 e. The smallest absolute Gasteiger partial charge is 0.381 e. The first-order valence-electron chi connectivity index (χ1n) is 7.49. The highest BCUT2D eigenvalue weighted by Crippen LogP contribution is 2.25. The molecular weight excluding hydrogens is 339 g/mol. The van der Waals surface area contributed by atoms with E-state index in [1.807, 2.05) is 0 Å². The lowest BCUT2D eigenvalue weighted by molar-refractivity contribution is 0.198. The molecular formula is C13H23N4O6P. The Morgan fingerprint density at radius 2 is 1.46 bits per heavy atom. The third-order valence-corrected chi connectivity index (χ3v) is 2.75. The van der Waals surface area contributed by atoms with E-state index in [1.54, 1.807) is 12.5 Å². The van der Waals surface area contributed by atoms with Crippen LogP contribution in [0.4, 0.5) is 0 Å². The first-order chi connectivity index (χ1) is 11.5. The topological polar surface area (TPSA) is 151 Å². The van der Waals surface area contributed by atoms with Crippen LogP contribution in [0.1, 0.15) is 25.7 Å². The molecule has 10 nitrogen and oxygen atoms in total. The summed E-state index contributed by atoms with van der Waals surface area (Å²) in [6.45, 7) is 4.00. The molecule has 2 fully saturated rings. The number of rotatable bonds is 0. The molecule has 4 N–H and O–H groups in total. The minimum absolute atomic E-state index is 0.782. The zero-order chi connectivity index (χ0) is 17.7. The highest BCUT2D eigenvalue weighted by molar-refractivity contribution is 7.45. The first kappa shape index (κ1) is 20.6. The molecule has 0 atom stereocenters. The number of fused-ring (bicyclic) bond motifs is 1. The van der Waals surface area contributed by atoms with Crippen molar-refractivity contribution in [3.63, 3.8) is 0 Å². The van der Waals surface area contributed by atoms with Gasteiger partial charge >= 0.3 is 7.82 Å². The molecule has 0 spiro atoms. The molecule has 2 aromatic rings. The van der Waals surface area contributed by atoms with Crippen molar-refractivity contribution in [1.29, 1.82) is 0 Å². The van der Waals surface area contributed by atoms with Gasteiger partial charge in [-0.05, 0) is 25.7 Å². The fraction of sp³-hybridized carbons (Fsp3) is 0.615. The normalized spacial score (nSPS) is 16.3. The van der Waals surface area contributed by atoms with Crippen molar-refractivity contribution in [3.05, 3.63) is 18.9 Å². The molecule has 2 aliphatic heterocycles. The Bertz CT molecular complexity index is 533. The molecule has 2 aliphatic rings. The van der Waals surface area contributed by atoms with Crippen LogP contribution in [-0.2, 0) is 14.0 Å². The van der Waals surface area contributed by atoms with Crippen molar-refractivity contribution in [2.45, 2.75) is 25.7 Å². The quantitative estimate of drug-likeness (QED) is 0.503. The Morgan fingerprint density at radius 1 is 0.958 bits per heavy atom. The Morgan fingerprint density at radius 3 is 1.83 bits per heavy atom. The minimum Gasteiger partial charge on any atom is -0.381 e. The predicted molar refractivity (Wildman–Crippen MR) is 86.1 cm³/mol. The van der Waals surface area contributed by atoms with Gasteiger partial charge in [0, 0.05) is 26.4 Å². The Labute approximate surface area is 139 Å². The maximum Gasteiger partial charge on any atom is 0.466 e. The Balaban J connectivity index is 0.000000168. The van der Waals surface area contributed by atoms with E-state index in [1.165, 1.54) is 32.0 Å². The van der Waals surface area contributed by atoms with Crippen LogP contribution in [0.15, 0.2) is 18.9 Å². The molecule has 4 rings (SSSR count). The number of aromatic amines is 1. The Hall–Kier alpha value is -1.42. The summed E-state index contributed by atoms with van der Waals surface area (Å²) in [5.41, 5.74) is 1.59. The third kappa shape index (κ3) is 12.1. The zero-order valence-electron chi connectivity index (χ0n) is 13.2. The fourth-order valence-corrected chi connectivity index (χ4v) is 1.71. The van der Waals surface area contributed by atoms with Gasteiger partial charge in [0.05, 0.1) is 12.5 Å². The number of aromatic nitrogens is 4. The van der Waals surface area contributed by atoms with E-state index in [-0.39, 0.29) is 0 Å². The molecule has 0 aliphatic carbocycles. The van der Waals surface area contributed by atoms with Crippen molar-refractivity contribution in [2.24, 2.45) is 0 Å². The SMILES string of the molecule is C1CCOC1.C1CCOC1.O=P(O)(O)O.c1ncc2nc[nH]c2n1. The average Bonchev–Trinajstić information content (AvgIpc) is 3.29. The van der Waals surface area contributed by atoms with E-state index < -0.39 is 7.82 Å². The Kier molecular flexibility index (Phi) is 10.3. The summed E-state index contributed by atoms with van der Waals surface area (Å²) in [6.07, 6.45) is 9.86. The van der Waals surface area contributed by atoms with Crippen molar-refractivity contribution in [2.75, 3.05) is 26.4 Å². The predicted octanol–water partition coefficient (Wildman–Crippen LogP) is 1.02. The fourth-order valence-electron chi connectivity index (χ4n) is 1.71. The van der Waals surface area contributed by atoms with Crippen LogP contribution in [0.25, 0.3) is 11.2 Å². The summed E-state index contributed by atoms with van der Waals surface area (Å²) in [7, 11) is -4.64. The van der Waals surface area contributed by atoms with Crippen LogP contribution < -0.4 is 0 Å². The summed E-state index contributed by atoms with van der Waals surface area (Å²) >= 11 is 0. The summed E-state index contributed by atoms with van der Waals surface area (Å²) in [5.74, 6) is 0. The molecule has 0 bridgehead atoms. The van der Waals surface area contributed by atoms with Gasteiger partial charge in [0.25, 0.3) is 0 Å². The van der Waals surface area contributed by atoms with Gasteiger partial charge in [0.2, 0.25) is 0 Å². The van der Waals surface area contributed by atoms with Crippen molar-refractivity contribution < 1.29 is 28.7 Å². The standard InChI is InChI=1S/C5H4N4.2C4H8O.H3O4P/c1-4-5(8-2-6-1)9-3-7-4;2*1-2-4-5-3-1;1-5(2,3)4/h1-3H,(H,6,7,8,9);2*1-4H2;(H3,1,2,3,4). The van der Waals surface area contributed by atoms with Gasteiger partial charge in [-0.2, -0.15) is 0 Å². The van der Waals surface area contributed by atoms with Crippen LogP contribution >= 0.6 is 7.82 Å². The molecule has 11 heteroatoms. The molecule has 0 unspecified atom stereocenters. The van der Waals surface area contributed by atoms with Crippen molar-refractivity contribution in [3.8, 4) is 0 Å². The van der Waals surface area contributed by atoms with Gasteiger partial charge in [-0.1, -0.05) is 0 Å². The molecule has 24 heavy (non-hydrogen) atoms. The first-order valence-corrected chi connectivity index (χ1v) is 9.06. The summed E-state index contributed by atoms with van der Waals surface area (Å²) in [4.78, 5) is 36.1. The monoisotopic (exact) mass is 362 g/mol. The molecule has 4 heterocycles. The molecule has 2 aromatic heterocycles. The maximum atomic E-state index is 8.88. The van der Waals surface area contributed by atoms with Crippen molar-refractivity contribution in [1.82, 2.24) is 19.9 Å². The van der Waals surface area contributed by atoms with Crippen LogP contribution in [0.3, 0.4) is 0 Å². The number of hydrogen-bond acceptors (Lipinski definition) is 6. The van der Waals surface area contributed by atoms with Crippen LogP contribution in [0.5, 0.6) is 0 Å². The number of nitrogens with zero attached hydrogens (tertiary/aromatic N) is 3. The second-order valence-electron chi connectivity index (χ2n) is 4.81. The summed E-state index contributed by atoms with van der Waals surface area (Å²) < 4.78 is 18.8. The second-order valence-corrected chi connectivity index (χ2v) is 5.84. The van der Waals surface area contributed by atoms with E-state index in [0.717, 1.165) is 37.6 Å². The van der Waals surface area contributed by atoms with Crippen molar-refractivity contribution >= 4 is 19.0 Å². The number of ether oxygens (including phenoxy) is 2. The third-order valence-electron chi connectivity index (χ3n) is 2.75. The summed E-state index contributed by atoms with van der Waals surface area (Å²) in [6, 6.07) is 0. The van der Waals surface area contributed by atoms with Crippen LogP contribution in [-0.4, -0.2) is 61.0 Å². The van der Waals surface area contributed by atoms with Gasteiger partial charge in [-0.25, -0.2) is 19.5 Å². The lowest BCUT2D eigenvalue weighted by Gasteiger charge is -1.82. The van der Waals surface area contributed by atoms with Crippen LogP contribution in [0, 0.1) is 0 Å². The summed E-state index contributed by atoms with van der Waals surface area (Å²) in [5, 5.41) is 0. The van der Waals surface area contributed by atoms with Gasteiger partial charge in [-0.15, -0.1) is 0 Å². The zero-order valence-corrected chi connectivity index (χ0v) is 14.1. The second kappa shape index (κ2) is 12.0. The minimum atomic E-state index is -4.64. The van der Waals surface area contributed by atoms with Gasteiger partial charge in [0.15, 0.2) is 5.65 Å². The van der Waals surface area contributed by atoms with Gasteiger partial charge < -0.3 is 29.1 Å². The van der Waals surface area contributed by atoms with E-state index in [4.69, 9.17) is 28.7 Å². The maximum absolute atomic E-state index is 8.88. The van der Waals surface area contributed by atoms with Gasteiger partial charge in [0.1, 0.15) is 11.8 Å². The number of phosphoric acid groups is 1. The number of H-pyrrole nitrogens is 1. The van der Waals surface area contributed by atoms with E-state index in [9.17, 15) is 0 Å².